The van der Waals surface area contributed by atoms with Crippen molar-refractivity contribution in [3.8, 4) is 5.75 Å². The number of nitrogens with one attached hydrogen (secondary N) is 2. The third-order valence-corrected chi connectivity index (χ3v) is 3.00. The molecule has 0 unspecified atom stereocenters. The van der Waals surface area contributed by atoms with Crippen LogP contribution in [0, 0.1) is 0 Å². The second-order valence-electron chi connectivity index (χ2n) is 4.58. The summed E-state index contributed by atoms with van der Waals surface area (Å²) in [5, 5.41) is 2.86. The van der Waals surface area contributed by atoms with Crippen molar-refractivity contribution in [2.45, 2.75) is 19.8 Å². The predicted octanol–water partition coefficient (Wildman–Crippen LogP) is 1.75. The Kier molecular flexibility index (Phi) is 5.20. The molecule has 4 N–H and O–H groups in total. The minimum absolute atomic E-state index is 0.135. The van der Waals surface area contributed by atoms with E-state index in [4.69, 9.17) is 10.5 Å². The molecule has 112 valence electrons. The number of hydrogen-bond donors (Lipinski definition) is 3. The molecule has 0 saturated heterocycles. The summed E-state index contributed by atoms with van der Waals surface area (Å²) in [5.41, 5.74) is 6.86. The number of carbonyl (C=O) groups excluding carboxylic acids is 1. The van der Waals surface area contributed by atoms with Crippen LogP contribution in [0.15, 0.2) is 30.6 Å². The number of H-pyrrole nitrogens is 1. The summed E-state index contributed by atoms with van der Waals surface area (Å²) in [6, 6.07) is 5.06. The molecule has 0 atom stereocenters. The lowest BCUT2D eigenvalue weighted by Crippen LogP contribution is -2.25. The lowest BCUT2D eigenvalue weighted by molar-refractivity contribution is 0.0953. The van der Waals surface area contributed by atoms with Gasteiger partial charge in [-0.1, -0.05) is 0 Å². The highest BCUT2D eigenvalue weighted by molar-refractivity contribution is 5.95. The first-order valence-corrected chi connectivity index (χ1v) is 6.99. The lowest BCUT2D eigenvalue weighted by atomic mass is 10.1. The van der Waals surface area contributed by atoms with E-state index in [0.717, 1.165) is 18.7 Å². The second-order valence-corrected chi connectivity index (χ2v) is 4.58. The standard InChI is InChI=1S/C15H20N4O2/c1-2-21-13-6-5-11(10-12(13)16)15(20)19-7-3-4-14-17-8-9-18-14/h5-6,8-10H,2-4,7,16H2,1H3,(H,17,18)(H,19,20). The third-order valence-electron chi connectivity index (χ3n) is 3.00. The molecule has 0 saturated carbocycles. The molecule has 1 heterocycles. The largest absolute Gasteiger partial charge is 0.492 e. The smallest absolute Gasteiger partial charge is 0.251 e. The SMILES string of the molecule is CCOc1ccc(C(=O)NCCCc2ncc[nH]2)cc1N. The van der Waals surface area contributed by atoms with Gasteiger partial charge in [-0.15, -0.1) is 0 Å². The first-order chi connectivity index (χ1) is 10.2. The fourth-order valence-corrected chi connectivity index (χ4v) is 1.97. The minimum Gasteiger partial charge on any atom is -0.492 e. The van der Waals surface area contributed by atoms with Crippen molar-refractivity contribution in [2.24, 2.45) is 0 Å². The Labute approximate surface area is 123 Å². The molecule has 1 aromatic heterocycles. The summed E-state index contributed by atoms with van der Waals surface area (Å²) >= 11 is 0. The minimum atomic E-state index is -0.135. The maximum atomic E-state index is 12.0. The molecule has 6 nitrogen and oxygen atoms in total. The number of benzene rings is 1. The maximum absolute atomic E-state index is 12.0. The normalized spacial score (nSPS) is 10.3. The average Bonchev–Trinajstić information content (AvgIpc) is 2.99. The predicted molar refractivity (Wildman–Crippen MR) is 81.3 cm³/mol. The molecule has 6 heteroatoms. The zero-order valence-electron chi connectivity index (χ0n) is 12.1. The number of nitrogens with zero attached hydrogens (tertiary/aromatic N) is 1. The van der Waals surface area contributed by atoms with Crippen molar-refractivity contribution in [2.75, 3.05) is 18.9 Å². The number of nitrogens with two attached hydrogens (primary N) is 1. The summed E-state index contributed by atoms with van der Waals surface area (Å²) in [6.45, 7) is 3.02. The number of ether oxygens (including phenoxy) is 1. The third kappa shape index (κ3) is 4.24. The van der Waals surface area contributed by atoms with Crippen molar-refractivity contribution >= 4 is 11.6 Å². The second kappa shape index (κ2) is 7.33. The van der Waals surface area contributed by atoms with E-state index in [1.807, 2.05) is 6.92 Å². The number of imidazole rings is 1. The van der Waals surface area contributed by atoms with Crippen molar-refractivity contribution in [3.05, 3.63) is 42.0 Å². The van der Waals surface area contributed by atoms with E-state index in [1.165, 1.54) is 0 Å². The van der Waals surface area contributed by atoms with Gasteiger partial charge in [0.1, 0.15) is 11.6 Å². The van der Waals surface area contributed by atoms with Gasteiger partial charge in [0.05, 0.1) is 12.3 Å². The number of carbonyl (C=O) groups is 1. The van der Waals surface area contributed by atoms with Crippen molar-refractivity contribution in [1.29, 1.82) is 0 Å². The fraction of sp³-hybridized carbons (Fsp3) is 0.333. The summed E-state index contributed by atoms with van der Waals surface area (Å²) in [5.74, 6) is 1.39. The zero-order chi connectivity index (χ0) is 15.1. The molecule has 1 amide bonds. The van der Waals surface area contributed by atoms with Gasteiger partial charge in [0.25, 0.3) is 5.91 Å². The summed E-state index contributed by atoms with van der Waals surface area (Å²) in [6.07, 6.45) is 5.14. The Balaban J connectivity index is 1.81. The van der Waals surface area contributed by atoms with Gasteiger partial charge in [0.2, 0.25) is 0 Å². The van der Waals surface area contributed by atoms with E-state index >= 15 is 0 Å². The molecule has 21 heavy (non-hydrogen) atoms. The zero-order valence-corrected chi connectivity index (χ0v) is 12.1. The molecule has 2 aromatic rings. The van der Waals surface area contributed by atoms with Gasteiger partial charge in [0, 0.05) is 30.9 Å². The van der Waals surface area contributed by atoms with Crippen LogP contribution in [-0.4, -0.2) is 29.0 Å². The average molecular weight is 288 g/mol. The van der Waals surface area contributed by atoms with Crippen LogP contribution in [0.3, 0.4) is 0 Å². The van der Waals surface area contributed by atoms with E-state index in [9.17, 15) is 4.79 Å². The first-order valence-electron chi connectivity index (χ1n) is 6.99. The van der Waals surface area contributed by atoms with E-state index in [2.05, 4.69) is 15.3 Å². The number of aromatic amines is 1. The fourth-order valence-electron chi connectivity index (χ4n) is 1.97. The number of aryl methyl sites for hydroxylation is 1. The van der Waals surface area contributed by atoms with E-state index in [0.29, 0.717) is 30.2 Å². The Hall–Kier alpha value is -2.50. The molecule has 0 fully saturated rings. The summed E-state index contributed by atoms with van der Waals surface area (Å²) < 4.78 is 5.34. The Morgan fingerprint density at radius 1 is 1.48 bits per heavy atom. The number of aromatic nitrogens is 2. The first kappa shape index (κ1) is 14.9. The molecular weight excluding hydrogens is 268 g/mol. The Morgan fingerprint density at radius 2 is 2.33 bits per heavy atom. The summed E-state index contributed by atoms with van der Waals surface area (Å²) in [7, 11) is 0. The molecule has 0 aliphatic rings. The number of rotatable bonds is 7. The Bertz CT molecular complexity index is 581. The maximum Gasteiger partial charge on any atom is 0.251 e. The highest BCUT2D eigenvalue weighted by Gasteiger charge is 2.08. The lowest BCUT2D eigenvalue weighted by Gasteiger charge is -2.09. The molecule has 0 radical (unpaired) electrons. The van der Waals surface area contributed by atoms with Crippen LogP contribution in [0.1, 0.15) is 29.5 Å². The van der Waals surface area contributed by atoms with Gasteiger partial charge in [-0.25, -0.2) is 4.98 Å². The number of hydrogen-bond acceptors (Lipinski definition) is 4. The van der Waals surface area contributed by atoms with Crippen molar-refractivity contribution in [1.82, 2.24) is 15.3 Å². The van der Waals surface area contributed by atoms with Crippen molar-refractivity contribution < 1.29 is 9.53 Å². The number of amides is 1. The van der Waals surface area contributed by atoms with Crippen LogP contribution in [0.25, 0.3) is 0 Å². The monoisotopic (exact) mass is 288 g/mol. The van der Waals surface area contributed by atoms with E-state index in [-0.39, 0.29) is 5.91 Å². The molecular formula is C15H20N4O2. The van der Waals surface area contributed by atoms with Crippen LogP contribution in [0.4, 0.5) is 5.69 Å². The van der Waals surface area contributed by atoms with Gasteiger partial charge >= 0.3 is 0 Å². The Morgan fingerprint density at radius 3 is 3.00 bits per heavy atom. The van der Waals surface area contributed by atoms with E-state index < -0.39 is 0 Å². The van der Waals surface area contributed by atoms with E-state index in [1.54, 1.807) is 30.6 Å². The number of anilines is 1. The van der Waals surface area contributed by atoms with Gasteiger partial charge in [0.15, 0.2) is 0 Å². The number of nitrogen functional groups attached to an aromatic ring is 1. The quantitative estimate of drug-likeness (QED) is 0.534. The van der Waals surface area contributed by atoms with Crippen LogP contribution < -0.4 is 15.8 Å². The van der Waals surface area contributed by atoms with Crippen LogP contribution >= 0.6 is 0 Å². The van der Waals surface area contributed by atoms with Gasteiger partial charge in [-0.3, -0.25) is 4.79 Å². The molecule has 2 rings (SSSR count). The highest BCUT2D eigenvalue weighted by Crippen LogP contribution is 2.22. The van der Waals surface area contributed by atoms with Crippen LogP contribution in [0.2, 0.25) is 0 Å². The van der Waals surface area contributed by atoms with Gasteiger partial charge in [-0.2, -0.15) is 0 Å². The molecule has 0 spiro atoms. The van der Waals surface area contributed by atoms with Crippen LogP contribution in [-0.2, 0) is 6.42 Å². The topological polar surface area (TPSA) is 93.0 Å². The molecule has 0 bridgehead atoms. The molecule has 0 aliphatic carbocycles. The van der Waals surface area contributed by atoms with Gasteiger partial charge in [-0.05, 0) is 31.5 Å². The van der Waals surface area contributed by atoms with Crippen molar-refractivity contribution in [3.63, 3.8) is 0 Å². The highest BCUT2D eigenvalue weighted by atomic mass is 16.5. The molecule has 0 aliphatic heterocycles. The summed E-state index contributed by atoms with van der Waals surface area (Å²) in [4.78, 5) is 19.2. The van der Waals surface area contributed by atoms with Gasteiger partial charge < -0.3 is 20.8 Å². The van der Waals surface area contributed by atoms with Crippen LogP contribution in [0.5, 0.6) is 5.75 Å². The molecule has 1 aromatic carbocycles.